The Bertz CT molecular complexity index is 549. The van der Waals surface area contributed by atoms with Crippen molar-refractivity contribution in [3.8, 4) is 0 Å². The van der Waals surface area contributed by atoms with Crippen LogP contribution >= 0.6 is 23.2 Å². The minimum atomic E-state index is -3.63. The van der Waals surface area contributed by atoms with E-state index < -0.39 is 15.9 Å². The summed E-state index contributed by atoms with van der Waals surface area (Å²) >= 11 is 11.5. The molecule has 5 nitrogen and oxygen atoms in total. The molecule has 0 aliphatic heterocycles. The number of amides is 1. The number of benzene rings is 1. The molecule has 8 heteroatoms. The number of nitrogens with two attached hydrogens (primary N) is 1. The van der Waals surface area contributed by atoms with Gasteiger partial charge in [-0.3, -0.25) is 4.79 Å². The highest BCUT2D eigenvalue weighted by Gasteiger charge is 2.17. The maximum atomic E-state index is 11.7. The van der Waals surface area contributed by atoms with Gasteiger partial charge in [0, 0.05) is 5.56 Å². The fraction of sp³-hybridized carbons (Fsp3) is 0.300. The van der Waals surface area contributed by atoms with Crippen molar-refractivity contribution in [3.05, 3.63) is 27.7 Å². The second-order valence-corrected chi connectivity index (χ2v) is 6.26. The van der Waals surface area contributed by atoms with E-state index in [2.05, 4.69) is 0 Å². The summed E-state index contributed by atoms with van der Waals surface area (Å²) < 4.78 is 24.8. The zero-order valence-corrected chi connectivity index (χ0v) is 11.9. The first kappa shape index (κ1) is 15.1. The topological polar surface area (TPSA) is 89.3 Å². The molecule has 0 aromatic heterocycles. The lowest BCUT2D eigenvalue weighted by Crippen LogP contribution is -2.32. The van der Waals surface area contributed by atoms with Gasteiger partial charge in [-0.15, -0.1) is 0 Å². The third kappa shape index (κ3) is 3.76. The van der Waals surface area contributed by atoms with Crippen molar-refractivity contribution in [2.24, 2.45) is 0 Å². The van der Waals surface area contributed by atoms with E-state index in [0.717, 1.165) is 0 Å². The first-order chi connectivity index (χ1) is 8.26. The standard InChI is InChI=1S/C10H12Cl2N2O3S/c1-2-3-18(16,17)14-10(15)6-4-7(11)9(13)8(12)5-6/h4-5H,2-3,13H2,1H3,(H,14,15). The molecule has 0 saturated carbocycles. The Hall–Kier alpha value is -0.980. The van der Waals surface area contributed by atoms with Crippen molar-refractivity contribution in [3.63, 3.8) is 0 Å². The lowest BCUT2D eigenvalue weighted by molar-refractivity contribution is 0.0981. The molecule has 0 heterocycles. The minimum Gasteiger partial charge on any atom is -0.396 e. The average Bonchev–Trinajstić information content (AvgIpc) is 2.24. The summed E-state index contributed by atoms with van der Waals surface area (Å²) in [6, 6.07) is 2.53. The number of halogens is 2. The van der Waals surface area contributed by atoms with Crippen LogP contribution in [0.3, 0.4) is 0 Å². The lowest BCUT2D eigenvalue weighted by Gasteiger charge is -2.08. The van der Waals surface area contributed by atoms with Gasteiger partial charge in [-0.05, 0) is 18.6 Å². The van der Waals surface area contributed by atoms with Crippen LogP contribution in [0.5, 0.6) is 0 Å². The quantitative estimate of drug-likeness (QED) is 0.833. The van der Waals surface area contributed by atoms with Crippen LogP contribution < -0.4 is 10.5 Å². The number of nitrogen functional groups attached to an aromatic ring is 1. The molecule has 1 aromatic rings. The van der Waals surface area contributed by atoms with Crippen LogP contribution in [0.15, 0.2) is 12.1 Å². The van der Waals surface area contributed by atoms with Gasteiger partial charge in [-0.1, -0.05) is 30.1 Å². The zero-order chi connectivity index (χ0) is 13.9. The van der Waals surface area contributed by atoms with E-state index in [4.69, 9.17) is 28.9 Å². The molecule has 3 N–H and O–H groups in total. The maximum Gasteiger partial charge on any atom is 0.264 e. The molecule has 0 radical (unpaired) electrons. The monoisotopic (exact) mass is 310 g/mol. The fourth-order valence-corrected chi connectivity index (χ4v) is 2.76. The molecule has 0 unspecified atom stereocenters. The molecule has 0 atom stereocenters. The predicted molar refractivity (Wildman–Crippen MR) is 72.4 cm³/mol. The van der Waals surface area contributed by atoms with Crippen LogP contribution in [-0.2, 0) is 10.0 Å². The van der Waals surface area contributed by atoms with Gasteiger partial charge < -0.3 is 5.73 Å². The van der Waals surface area contributed by atoms with E-state index in [1.807, 2.05) is 4.72 Å². The van der Waals surface area contributed by atoms with Crippen molar-refractivity contribution in [1.82, 2.24) is 4.72 Å². The Labute approximate surface area is 115 Å². The first-order valence-electron chi connectivity index (χ1n) is 5.06. The van der Waals surface area contributed by atoms with Crippen molar-refractivity contribution in [2.75, 3.05) is 11.5 Å². The van der Waals surface area contributed by atoms with Crippen LogP contribution in [0.2, 0.25) is 10.0 Å². The Balaban J connectivity index is 2.99. The van der Waals surface area contributed by atoms with E-state index in [1.54, 1.807) is 6.92 Å². The molecule has 0 aliphatic carbocycles. The summed E-state index contributed by atoms with van der Waals surface area (Å²) in [5.41, 5.74) is 5.70. The average molecular weight is 311 g/mol. The summed E-state index contributed by atoms with van der Waals surface area (Å²) in [6.07, 6.45) is 0.409. The number of hydrogen-bond acceptors (Lipinski definition) is 4. The second kappa shape index (κ2) is 5.77. The Morgan fingerprint density at radius 3 is 2.28 bits per heavy atom. The van der Waals surface area contributed by atoms with Gasteiger partial charge in [0.1, 0.15) is 0 Å². The van der Waals surface area contributed by atoms with Crippen molar-refractivity contribution >= 4 is 44.8 Å². The maximum absolute atomic E-state index is 11.7. The molecule has 1 aromatic carbocycles. The van der Waals surface area contributed by atoms with Gasteiger partial charge >= 0.3 is 0 Å². The molecule has 1 amide bonds. The number of sulfonamides is 1. The Morgan fingerprint density at radius 2 is 1.83 bits per heavy atom. The molecular weight excluding hydrogens is 299 g/mol. The highest BCUT2D eigenvalue weighted by atomic mass is 35.5. The summed E-state index contributed by atoms with van der Waals surface area (Å²) in [7, 11) is -3.63. The van der Waals surface area contributed by atoms with Crippen molar-refractivity contribution < 1.29 is 13.2 Å². The van der Waals surface area contributed by atoms with E-state index in [0.29, 0.717) is 6.42 Å². The smallest absolute Gasteiger partial charge is 0.264 e. The normalized spacial score (nSPS) is 11.3. The first-order valence-corrected chi connectivity index (χ1v) is 7.47. The number of anilines is 1. The highest BCUT2D eigenvalue weighted by Crippen LogP contribution is 2.28. The third-order valence-corrected chi connectivity index (χ3v) is 4.13. The zero-order valence-electron chi connectivity index (χ0n) is 9.54. The molecule has 1 rings (SSSR count). The highest BCUT2D eigenvalue weighted by molar-refractivity contribution is 7.90. The van der Waals surface area contributed by atoms with Gasteiger partial charge in [0.15, 0.2) is 0 Å². The summed E-state index contributed by atoms with van der Waals surface area (Å²) in [5, 5.41) is 0.195. The third-order valence-electron chi connectivity index (χ3n) is 2.06. The van der Waals surface area contributed by atoms with Crippen LogP contribution in [-0.4, -0.2) is 20.1 Å². The van der Waals surface area contributed by atoms with Crippen LogP contribution in [0.4, 0.5) is 5.69 Å². The second-order valence-electron chi connectivity index (χ2n) is 3.60. The summed E-state index contributed by atoms with van der Waals surface area (Å²) in [5.74, 6) is -0.915. The molecule has 0 bridgehead atoms. The lowest BCUT2D eigenvalue weighted by atomic mass is 10.2. The van der Waals surface area contributed by atoms with E-state index in [9.17, 15) is 13.2 Å². The van der Waals surface area contributed by atoms with E-state index >= 15 is 0 Å². The number of carbonyl (C=O) groups excluding carboxylic acids is 1. The number of rotatable bonds is 4. The molecule has 0 spiro atoms. The van der Waals surface area contributed by atoms with E-state index in [1.165, 1.54) is 12.1 Å². The van der Waals surface area contributed by atoms with Crippen LogP contribution in [0, 0.1) is 0 Å². The fourth-order valence-electron chi connectivity index (χ4n) is 1.24. The number of hydrogen-bond donors (Lipinski definition) is 2. The summed E-state index contributed by atoms with van der Waals surface area (Å²) in [4.78, 5) is 11.7. The number of nitrogens with one attached hydrogen (secondary N) is 1. The van der Waals surface area contributed by atoms with Crippen molar-refractivity contribution in [2.45, 2.75) is 13.3 Å². The SMILES string of the molecule is CCCS(=O)(=O)NC(=O)c1cc(Cl)c(N)c(Cl)c1. The molecule has 18 heavy (non-hydrogen) atoms. The number of carbonyl (C=O) groups is 1. The molecule has 0 saturated heterocycles. The Morgan fingerprint density at radius 1 is 1.33 bits per heavy atom. The van der Waals surface area contributed by atoms with Gasteiger partial charge in [-0.2, -0.15) is 0 Å². The van der Waals surface area contributed by atoms with Crippen LogP contribution in [0.25, 0.3) is 0 Å². The molecule has 100 valence electrons. The van der Waals surface area contributed by atoms with Crippen molar-refractivity contribution in [1.29, 1.82) is 0 Å². The van der Waals surface area contributed by atoms with E-state index in [-0.39, 0.29) is 27.0 Å². The van der Waals surface area contributed by atoms with Gasteiger partial charge in [0.2, 0.25) is 10.0 Å². The largest absolute Gasteiger partial charge is 0.396 e. The molecule has 0 aliphatic rings. The predicted octanol–water partition coefficient (Wildman–Crippen LogP) is 2.05. The van der Waals surface area contributed by atoms with Gasteiger partial charge in [0.25, 0.3) is 5.91 Å². The Kier molecular flexibility index (Phi) is 4.84. The minimum absolute atomic E-state index is 0.0406. The summed E-state index contributed by atoms with van der Waals surface area (Å²) in [6.45, 7) is 1.70. The van der Waals surface area contributed by atoms with Gasteiger partial charge in [0.05, 0.1) is 21.5 Å². The molecular formula is C10H12Cl2N2O3S. The van der Waals surface area contributed by atoms with Crippen LogP contribution in [0.1, 0.15) is 23.7 Å². The van der Waals surface area contributed by atoms with Gasteiger partial charge in [-0.25, -0.2) is 13.1 Å². The molecule has 0 fully saturated rings.